The maximum atomic E-state index is 11.8. The molecule has 1 aromatic rings. The predicted molar refractivity (Wildman–Crippen MR) is 58.7 cm³/mol. The molecule has 0 bridgehead atoms. The number of hydrogen-bond acceptors (Lipinski definition) is 3. The average Bonchev–Trinajstić information content (AvgIpc) is 2.51. The summed E-state index contributed by atoms with van der Waals surface area (Å²) < 4.78 is 26.7. The fourth-order valence-corrected chi connectivity index (χ4v) is 2.21. The average molecular weight is 231 g/mol. The molecule has 0 unspecified atom stereocenters. The first-order chi connectivity index (χ1) is 6.85. The van der Waals surface area contributed by atoms with Crippen molar-refractivity contribution in [1.29, 1.82) is 0 Å². The van der Waals surface area contributed by atoms with Crippen LogP contribution in [0, 0.1) is 0 Å². The Kier molecular flexibility index (Phi) is 3.51. The van der Waals surface area contributed by atoms with Crippen molar-refractivity contribution in [2.24, 2.45) is 7.05 Å². The van der Waals surface area contributed by atoms with Crippen LogP contribution in [0.5, 0.6) is 0 Å². The first-order valence-corrected chi connectivity index (χ1v) is 6.27. The minimum atomic E-state index is -3.19. The number of aromatic nitrogens is 2. The van der Waals surface area contributed by atoms with E-state index < -0.39 is 15.3 Å². The first kappa shape index (κ1) is 12.2. The van der Waals surface area contributed by atoms with E-state index in [-0.39, 0.29) is 0 Å². The van der Waals surface area contributed by atoms with Crippen molar-refractivity contribution < 1.29 is 8.42 Å². The van der Waals surface area contributed by atoms with E-state index in [2.05, 4.69) is 4.98 Å². The van der Waals surface area contributed by atoms with Crippen LogP contribution in [-0.4, -0.2) is 34.6 Å². The molecule has 0 aliphatic rings. The Morgan fingerprint density at radius 3 is 2.53 bits per heavy atom. The second-order valence-electron chi connectivity index (χ2n) is 3.80. The van der Waals surface area contributed by atoms with Crippen LogP contribution in [0.4, 0.5) is 0 Å². The second kappa shape index (κ2) is 4.32. The summed E-state index contributed by atoms with van der Waals surface area (Å²) in [5, 5.41) is -0.400. The summed E-state index contributed by atoms with van der Waals surface area (Å²) in [5.41, 5.74) is 0. The predicted octanol–water partition coefficient (Wildman–Crippen LogP) is 0.590. The lowest BCUT2D eigenvalue weighted by atomic mass is 10.6. The molecule has 1 heterocycles. The molecule has 0 saturated carbocycles. The Bertz CT molecular complexity index is 422. The molecular formula is C9H17N3O2S. The van der Waals surface area contributed by atoms with Crippen molar-refractivity contribution in [2.75, 3.05) is 7.05 Å². The first-order valence-electron chi connectivity index (χ1n) is 4.77. The number of hydrogen-bond donors (Lipinski definition) is 0. The van der Waals surface area contributed by atoms with E-state index in [9.17, 15) is 8.42 Å². The molecule has 0 aromatic carbocycles. The molecule has 0 spiro atoms. The van der Waals surface area contributed by atoms with E-state index in [0.29, 0.717) is 6.54 Å². The van der Waals surface area contributed by atoms with E-state index in [0.717, 1.165) is 5.82 Å². The van der Waals surface area contributed by atoms with Crippen LogP contribution >= 0.6 is 0 Å². The molecule has 0 N–H and O–H groups in total. The lowest BCUT2D eigenvalue weighted by Crippen LogP contribution is -2.33. The molecule has 1 rings (SSSR count). The summed E-state index contributed by atoms with van der Waals surface area (Å²) >= 11 is 0. The van der Waals surface area contributed by atoms with E-state index in [1.807, 2.05) is 11.6 Å². The zero-order valence-corrected chi connectivity index (χ0v) is 10.3. The van der Waals surface area contributed by atoms with Gasteiger partial charge in [-0.25, -0.2) is 13.4 Å². The zero-order chi connectivity index (χ0) is 11.6. The summed E-state index contributed by atoms with van der Waals surface area (Å²) in [4.78, 5) is 4.09. The van der Waals surface area contributed by atoms with Crippen molar-refractivity contribution in [3.8, 4) is 0 Å². The van der Waals surface area contributed by atoms with Crippen LogP contribution in [0.15, 0.2) is 12.4 Å². The highest BCUT2D eigenvalue weighted by Gasteiger charge is 2.22. The Morgan fingerprint density at radius 2 is 2.13 bits per heavy atom. The minimum Gasteiger partial charge on any atom is -0.337 e. The third-order valence-electron chi connectivity index (χ3n) is 2.32. The molecule has 6 heteroatoms. The molecule has 15 heavy (non-hydrogen) atoms. The SMILES string of the molecule is CC(C)S(=O)(=O)N(C)Cc1nccn1C. The van der Waals surface area contributed by atoms with Gasteiger partial charge in [0.1, 0.15) is 5.82 Å². The molecule has 0 fully saturated rings. The van der Waals surface area contributed by atoms with E-state index in [1.165, 1.54) is 4.31 Å². The Balaban J connectivity index is 2.81. The van der Waals surface area contributed by atoms with Crippen molar-refractivity contribution in [3.63, 3.8) is 0 Å². The van der Waals surface area contributed by atoms with Crippen LogP contribution in [0.25, 0.3) is 0 Å². The van der Waals surface area contributed by atoms with Gasteiger partial charge >= 0.3 is 0 Å². The van der Waals surface area contributed by atoms with Gasteiger partial charge in [-0.3, -0.25) is 0 Å². The van der Waals surface area contributed by atoms with Gasteiger partial charge in [-0.1, -0.05) is 0 Å². The third-order valence-corrected chi connectivity index (χ3v) is 4.50. The molecule has 86 valence electrons. The Morgan fingerprint density at radius 1 is 1.53 bits per heavy atom. The molecule has 5 nitrogen and oxygen atoms in total. The summed E-state index contributed by atoms with van der Waals surface area (Å²) in [6.45, 7) is 3.65. The fourth-order valence-electron chi connectivity index (χ4n) is 1.20. The van der Waals surface area contributed by atoms with Crippen molar-refractivity contribution >= 4 is 10.0 Å². The molecule has 0 radical (unpaired) electrons. The monoisotopic (exact) mass is 231 g/mol. The lowest BCUT2D eigenvalue weighted by molar-refractivity contribution is 0.445. The Hall–Kier alpha value is -0.880. The van der Waals surface area contributed by atoms with Gasteiger partial charge in [0.25, 0.3) is 0 Å². The molecule has 0 amide bonds. The molecule has 0 aliphatic carbocycles. The van der Waals surface area contributed by atoms with Crippen molar-refractivity contribution in [2.45, 2.75) is 25.6 Å². The number of rotatable bonds is 4. The van der Waals surface area contributed by atoms with Gasteiger partial charge < -0.3 is 4.57 Å². The van der Waals surface area contributed by atoms with Crippen LogP contribution in [0.3, 0.4) is 0 Å². The van der Waals surface area contributed by atoms with Crippen LogP contribution < -0.4 is 0 Å². The van der Waals surface area contributed by atoms with E-state index in [1.54, 1.807) is 33.3 Å². The Labute approximate surface area is 90.8 Å². The smallest absolute Gasteiger partial charge is 0.216 e. The van der Waals surface area contributed by atoms with Crippen LogP contribution in [0.2, 0.25) is 0 Å². The standard InChI is InChI=1S/C9H17N3O2S/c1-8(2)15(13,14)12(4)7-9-10-5-6-11(9)3/h5-6,8H,7H2,1-4H3. The van der Waals surface area contributed by atoms with Crippen molar-refractivity contribution in [1.82, 2.24) is 13.9 Å². The highest BCUT2D eigenvalue weighted by atomic mass is 32.2. The topological polar surface area (TPSA) is 55.2 Å². The van der Waals surface area contributed by atoms with Gasteiger partial charge in [0.15, 0.2) is 0 Å². The summed E-state index contributed by atoms with van der Waals surface area (Å²) in [5.74, 6) is 0.738. The molecular weight excluding hydrogens is 214 g/mol. The van der Waals surface area contributed by atoms with Gasteiger partial charge in [0.05, 0.1) is 11.8 Å². The highest BCUT2D eigenvalue weighted by molar-refractivity contribution is 7.89. The summed E-state index contributed by atoms with van der Waals surface area (Å²) in [6, 6.07) is 0. The molecule has 0 saturated heterocycles. The maximum Gasteiger partial charge on any atom is 0.216 e. The van der Waals surface area contributed by atoms with Gasteiger partial charge in [-0.05, 0) is 13.8 Å². The number of nitrogens with zero attached hydrogens (tertiary/aromatic N) is 3. The third kappa shape index (κ3) is 2.57. The van der Waals surface area contributed by atoms with E-state index in [4.69, 9.17) is 0 Å². The fraction of sp³-hybridized carbons (Fsp3) is 0.667. The number of imidazole rings is 1. The molecule has 0 atom stereocenters. The van der Waals surface area contributed by atoms with Gasteiger partial charge in [0.2, 0.25) is 10.0 Å². The van der Waals surface area contributed by atoms with Crippen LogP contribution in [-0.2, 0) is 23.6 Å². The minimum absolute atomic E-state index is 0.310. The van der Waals surface area contributed by atoms with E-state index >= 15 is 0 Å². The largest absolute Gasteiger partial charge is 0.337 e. The lowest BCUT2D eigenvalue weighted by Gasteiger charge is -2.19. The van der Waals surface area contributed by atoms with Crippen LogP contribution in [0.1, 0.15) is 19.7 Å². The summed E-state index contributed by atoms with van der Waals surface area (Å²) in [6.07, 6.45) is 3.45. The summed E-state index contributed by atoms with van der Waals surface area (Å²) in [7, 11) is 0.229. The second-order valence-corrected chi connectivity index (χ2v) is 6.40. The maximum absolute atomic E-state index is 11.8. The van der Waals surface area contributed by atoms with Gasteiger partial charge in [0, 0.05) is 26.5 Å². The number of sulfonamides is 1. The normalized spacial score (nSPS) is 12.7. The number of aryl methyl sites for hydroxylation is 1. The quantitative estimate of drug-likeness (QED) is 0.762. The zero-order valence-electron chi connectivity index (χ0n) is 9.51. The van der Waals surface area contributed by atoms with Crippen molar-refractivity contribution in [3.05, 3.63) is 18.2 Å². The molecule has 1 aromatic heterocycles. The highest BCUT2D eigenvalue weighted by Crippen LogP contribution is 2.09. The van der Waals surface area contributed by atoms with Gasteiger partial charge in [-0.2, -0.15) is 4.31 Å². The molecule has 0 aliphatic heterocycles. The van der Waals surface area contributed by atoms with Gasteiger partial charge in [-0.15, -0.1) is 0 Å².